The Balaban J connectivity index is 1.86. The average molecular weight is 284 g/mol. The Kier molecular flexibility index (Phi) is 3.95. The maximum Gasteiger partial charge on any atom is 0.184 e. The first kappa shape index (κ1) is 13.1. The standard InChI is InChI=1S/C16H16N2OS/c19-11-10-13(12-6-2-1-3-7-12)17-16-18-14-8-4-5-9-15(14)20-16/h1-9,13,19H,10-11H2,(H,17,18)/t13-/m1/s1. The topological polar surface area (TPSA) is 45.1 Å². The molecular formula is C16H16N2OS. The van der Waals surface area contributed by atoms with E-state index in [9.17, 15) is 5.11 Å². The number of nitrogens with one attached hydrogen (secondary N) is 1. The minimum atomic E-state index is 0.0850. The van der Waals surface area contributed by atoms with Gasteiger partial charge in [0.25, 0.3) is 0 Å². The average Bonchev–Trinajstić information content (AvgIpc) is 2.90. The highest BCUT2D eigenvalue weighted by Crippen LogP contribution is 2.29. The summed E-state index contributed by atoms with van der Waals surface area (Å²) in [5, 5.41) is 13.6. The molecule has 0 aliphatic carbocycles. The zero-order valence-corrected chi connectivity index (χ0v) is 11.8. The molecule has 0 spiro atoms. The fourth-order valence-electron chi connectivity index (χ4n) is 2.22. The van der Waals surface area contributed by atoms with Gasteiger partial charge in [-0.25, -0.2) is 4.98 Å². The molecule has 3 nitrogen and oxygen atoms in total. The molecule has 4 heteroatoms. The molecule has 0 saturated carbocycles. The van der Waals surface area contributed by atoms with Gasteiger partial charge in [0.1, 0.15) is 0 Å². The number of nitrogens with zero attached hydrogens (tertiary/aromatic N) is 1. The lowest BCUT2D eigenvalue weighted by Crippen LogP contribution is -2.12. The van der Waals surface area contributed by atoms with E-state index in [1.807, 2.05) is 36.4 Å². The van der Waals surface area contributed by atoms with Crippen LogP contribution in [0.2, 0.25) is 0 Å². The Morgan fingerprint density at radius 2 is 1.80 bits per heavy atom. The number of hydrogen-bond acceptors (Lipinski definition) is 4. The van der Waals surface area contributed by atoms with Crippen molar-refractivity contribution in [1.29, 1.82) is 0 Å². The van der Waals surface area contributed by atoms with Crippen LogP contribution in [-0.4, -0.2) is 16.7 Å². The third kappa shape index (κ3) is 2.81. The van der Waals surface area contributed by atoms with Crippen molar-refractivity contribution in [2.75, 3.05) is 11.9 Å². The molecule has 1 atom stereocenters. The van der Waals surface area contributed by atoms with E-state index in [2.05, 4.69) is 28.5 Å². The Bertz CT molecular complexity index is 648. The molecule has 0 radical (unpaired) electrons. The van der Waals surface area contributed by atoms with E-state index in [-0.39, 0.29) is 12.6 Å². The number of aliphatic hydroxyl groups excluding tert-OH is 1. The molecule has 3 rings (SSSR count). The lowest BCUT2D eigenvalue weighted by molar-refractivity contribution is 0.280. The van der Waals surface area contributed by atoms with Crippen LogP contribution in [0.3, 0.4) is 0 Å². The van der Waals surface area contributed by atoms with Crippen molar-refractivity contribution >= 4 is 26.7 Å². The molecule has 2 aromatic carbocycles. The Hall–Kier alpha value is -1.91. The summed E-state index contributed by atoms with van der Waals surface area (Å²) in [6.45, 7) is 0.150. The lowest BCUT2D eigenvalue weighted by Gasteiger charge is -2.17. The third-order valence-electron chi connectivity index (χ3n) is 3.21. The Labute approximate surface area is 121 Å². The van der Waals surface area contributed by atoms with E-state index < -0.39 is 0 Å². The number of para-hydroxylation sites is 1. The van der Waals surface area contributed by atoms with Gasteiger partial charge in [-0.3, -0.25) is 0 Å². The summed E-state index contributed by atoms with van der Waals surface area (Å²) in [6.07, 6.45) is 0.667. The van der Waals surface area contributed by atoms with Crippen molar-refractivity contribution in [3.05, 3.63) is 60.2 Å². The summed E-state index contributed by atoms with van der Waals surface area (Å²) < 4.78 is 1.17. The molecule has 0 saturated heterocycles. The van der Waals surface area contributed by atoms with Crippen LogP contribution in [0.1, 0.15) is 18.0 Å². The summed E-state index contributed by atoms with van der Waals surface area (Å²) in [4.78, 5) is 4.59. The maximum absolute atomic E-state index is 9.26. The number of rotatable bonds is 5. The van der Waals surface area contributed by atoms with Gasteiger partial charge in [-0.1, -0.05) is 53.8 Å². The minimum absolute atomic E-state index is 0.0850. The van der Waals surface area contributed by atoms with Crippen LogP contribution in [0.5, 0.6) is 0 Å². The van der Waals surface area contributed by atoms with Gasteiger partial charge in [0.15, 0.2) is 5.13 Å². The second-order valence-electron chi connectivity index (χ2n) is 4.61. The quantitative estimate of drug-likeness (QED) is 0.748. The second-order valence-corrected chi connectivity index (χ2v) is 5.64. The van der Waals surface area contributed by atoms with Crippen LogP contribution in [0.15, 0.2) is 54.6 Å². The van der Waals surface area contributed by atoms with E-state index in [0.29, 0.717) is 6.42 Å². The maximum atomic E-state index is 9.26. The fourth-order valence-corrected chi connectivity index (χ4v) is 3.14. The molecule has 20 heavy (non-hydrogen) atoms. The van der Waals surface area contributed by atoms with E-state index in [1.54, 1.807) is 11.3 Å². The summed E-state index contributed by atoms with van der Waals surface area (Å²) in [5.74, 6) is 0. The number of aliphatic hydroxyl groups is 1. The van der Waals surface area contributed by atoms with Crippen LogP contribution in [0.4, 0.5) is 5.13 Å². The minimum Gasteiger partial charge on any atom is -0.396 e. The summed E-state index contributed by atoms with van der Waals surface area (Å²) in [7, 11) is 0. The van der Waals surface area contributed by atoms with E-state index in [4.69, 9.17) is 0 Å². The zero-order valence-electron chi connectivity index (χ0n) is 11.0. The molecule has 0 fully saturated rings. The molecule has 0 unspecified atom stereocenters. The van der Waals surface area contributed by atoms with Gasteiger partial charge in [0.2, 0.25) is 0 Å². The number of thiazole rings is 1. The molecule has 0 bridgehead atoms. The molecule has 2 N–H and O–H groups in total. The van der Waals surface area contributed by atoms with Gasteiger partial charge < -0.3 is 10.4 Å². The number of anilines is 1. The van der Waals surface area contributed by atoms with Crippen LogP contribution in [0.25, 0.3) is 10.2 Å². The fraction of sp³-hybridized carbons (Fsp3) is 0.188. The molecule has 102 valence electrons. The molecule has 1 heterocycles. The first-order valence-corrected chi connectivity index (χ1v) is 7.46. The van der Waals surface area contributed by atoms with Crippen molar-refractivity contribution in [1.82, 2.24) is 4.98 Å². The Morgan fingerprint density at radius 3 is 2.55 bits per heavy atom. The van der Waals surface area contributed by atoms with Gasteiger partial charge in [-0.2, -0.15) is 0 Å². The SMILES string of the molecule is OCC[C@@H](Nc1nc2ccccc2s1)c1ccccc1. The van der Waals surface area contributed by atoms with E-state index >= 15 is 0 Å². The lowest BCUT2D eigenvalue weighted by atomic mass is 10.0. The smallest absolute Gasteiger partial charge is 0.184 e. The van der Waals surface area contributed by atoms with Crippen molar-refractivity contribution < 1.29 is 5.11 Å². The molecule has 0 aliphatic rings. The third-order valence-corrected chi connectivity index (χ3v) is 4.18. The van der Waals surface area contributed by atoms with Gasteiger partial charge in [-0.05, 0) is 24.1 Å². The monoisotopic (exact) mass is 284 g/mol. The van der Waals surface area contributed by atoms with Gasteiger partial charge in [0, 0.05) is 6.61 Å². The molecule has 3 aromatic rings. The largest absolute Gasteiger partial charge is 0.396 e. The summed E-state index contributed by atoms with van der Waals surface area (Å²) >= 11 is 1.64. The van der Waals surface area contributed by atoms with Crippen LogP contribution in [-0.2, 0) is 0 Å². The molecular weight excluding hydrogens is 268 g/mol. The van der Waals surface area contributed by atoms with Gasteiger partial charge in [0.05, 0.1) is 16.3 Å². The van der Waals surface area contributed by atoms with Crippen LogP contribution < -0.4 is 5.32 Å². The highest BCUT2D eigenvalue weighted by molar-refractivity contribution is 7.22. The van der Waals surface area contributed by atoms with Crippen molar-refractivity contribution in [2.45, 2.75) is 12.5 Å². The number of fused-ring (bicyclic) bond motifs is 1. The Morgan fingerprint density at radius 1 is 1.05 bits per heavy atom. The predicted molar refractivity (Wildman–Crippen MR) is 84.1 cm³/mol. The normalized spacial score (nSPS) is 12.4. The zero-order chi connectivity index (χ0) is 13.8. The van der Waals surface area contributed by atoms with E-state index in [0.717, 1.165) is 10.6 Å². The first-order valence-electron chi connectivity index (χ1n) is 6.65. The first-order chi connectivity index (χ1) is 9.86. The highest BCUT2D eigenvalue weighted by atomic mass is 32.1. The highest BCUT2D eigenvalue weighted by Gasteiger charge is 2.12. The van der Waals surface area contributed by atoms with Crippen molar-refractivity contribution in [3.8, 4) is 0 Å². The number of benzene rings is 2. The van der Waals surface area contributed by atoms with Crippen LogP contribution >= 0.6 is 11.3 Å². The molecule has 0 amide bonds. The van der Waals surface area contributed by atoms with E-state index in [1.165, 1.54) is 10.3 Å². The second kappa shape index (κ2) is 6.03. The molecule has 0 aliphatic heterocycles. The number of hydrogen-bond donors (Lipinski definition) is 2. The van der Waals surface area contributed by atoms with Crippen molar-refractivity contribution in [3.63, 3.8) is 0 Å². The van der Waals surface area contributed by atoms with Crippen LogP contribution in [0, 0.1) is 0 Å². The molecule has 1 aromatic heterocycles. The van der Waals surface area contributed by atoms with Crippen molar-refractivity contribution in [2.24, 2.45) is 0 Å². The number of aromatic nitrogens is 1. The predicted octanol–water partition coefficient (Wildman–Crippen LogP) is 3.83. The van der Waals surface area contributed by atoms with Gasteiger partial charge in [-0.15, -0.1) is 0 Å². The summed E-state index contributed by atoms with van der Waals surface area (Å²) in [6, 6.07) is 18.4. The van der Waals surface area contributed by atoms with Gasteiger partial charge >= 0.3 is 0 Å². The summed E-state index contributed by atoms with van der Waals surface area (Å²) in [5.41, 5.74) is 2.18.